The van der Waals surface area contributed by atoms with E-state index in [1.165, 1.54) is 19.3 Å². The maximum atomic E-state index is 12.1. The number of ether oxygens (including phenoxy) is 1. The number of nitrogens with one attached hydrogen (secondary N) is 2. The second-order valence-electron chi connectivity index (χ2n) is 6.70. The highest BCUT2D eigenvalue weighted by atomic mass is 16.5. The van der Waals surface area contributed by atoms with Crippen molar-refractivity contribution in [2.45, 2.75) is 71.1 Å². The lowest BCUT2D eigenvalue weighted by molar-refractivity contribution is -0.123. The Morgan fingerprint density at radius 2 is 2.16 bits per heavy atom. The molecule has 0 aromatic carbocycles. The molecular weight excluding hydrogens is 240 g/mol. The molecule has 110 valence electrons. The van der Waals surface area contributed by atoms with Crippen LogP contribution in [0.5, 0.6) is 0 Å². The van der Waals surface area contributed by atoms with Gasteiger partial charge in [0.2, 0.25) is 5.91 Å². The lowest BCUT2D eigenvalue weighted by Crippen LogP contribution is -2.50. The van der Waals surface area contributed by atoms with Crippen molar-refractivity contribution < 1.29 is 9.53 Å². The molecule has 2 rings (SSSR count). The first kappa shape index (κ1) is 14.8. The monoisotopic (exact) mass is 268 g/mol. The number of hydrogen-bond acceptors (Lipinski definition) is 3. The summed E-state index contributed by atoms with van der Waals surface area (Å²) in [7, 11) is 0. The highest BCUT2D eigenvalue weighted by molar-refractivity contribution is 5.81. The predicted octanol–water partition coefficient (Wildman–Crippen LogP) is 1.84. The molecule has 0 spiro atoms. The first-order valence-electron chi connectivity index (χ1n) is 7.64. The van der Waals surface area contributed by atoms with Gasteiger partial charge in [-0.15, -0.1) is 0 Å². The first-order valence-corrected chi connectivity index (χ1v) is 7.64. The molecule has 0 aromatic rings. The van der Waals surface area contributed by atoms with Crippen LogP contribution in [0.1, 0.15) is 52.9 Å². The van der Waals surface area contributed by atoms with Crippen molar-refractivity contribution in [3.63, 3.8) is 0 Å². The fourth-order valence-electron chi connectivity index (χ4n) is 3.19. The van der Waals surface area contributed by atoms with Gasteiger partial charge in [0.25, 0.3) is 0 Å². The zero-order valence-electron chi connectivity index (χ0n) is 12.5. The molecule has 0 bridgehead atoms. The summed E-state index contributed by atoms with van der Waals surface area (Å²) < 4.78 is 5.51. The molecule has 1 saturated carbocycles. The van der Waals surface area contributed by atoms with E-state index in [0.29, 0.717) is 18.0 Å². The third kappa shape index (κ3) is 3.93. The summed E-state index contributed by atoms with van der Waals surface area (Å²) in [5, 5.41) is 6.49. The second-order valence-corrected chi connectivity index (χ2v) is 6.70. The molecule has 2 N–H and O–H groups in total. The molecule has 3 atom stereocenters. The van der Waals surface area contributed by atoms with Gasteiger partial charge in [0.1, 0.15) is 0 Å². The largest absolute Gasteiger partial charge is 0.376 e. The van der Waals surface area contributed by atoms with E-state index in [2.05, 4.69) is 24.5 Å². The van der Waals surface area contributed by atoms with Gasteiger partial charge in [0, 0.05) is 19.2 Å². The van der Waals surface area contributed by atoms with Gasteiger partial charge in [0.05, 0.1) is 12.1 Å². The van der Waals surface area contributed by atoms with Crippen molar-refractivity contribution in [1.29, 1.82) is 0 Å². The standard InChI is InChI=1S/C15H28N2O2/c1-11(17-13-7-4-8-15(13,2)3)14(18)16-10-12-6-5-9-19-12/h11-13,17H,4-10H2,1-3H3,(H,16,18). The Bertz CT molecular complexity index is 311. The van der Waals surface area contributed by atoms with Gasteiger partial charge < -0.3 is 15.4 Å². The first-order chi connectivity index (χ1) is 8.99. The van der Waals surface area contributed by atoms with Crippen LogP contribution in [-0.4, -0.2) is 37.2 Å². The van der Waals surface area contributed by atoms with E-state index in [9.17, 15) is 4.79 Å². The molecular formula is C15H28N2O2. The van der Waals surface area contributed by atoms with Crippen LogP contribution in [0.25, 0.3) is 0 Å². The van der Waals surface area contributed by atoms with Crippen LogP contribution in [-0.2, 0) is 9.53 Å². The minimum absolute atomic E-state index is 0.0956. The van der Waals surface area contributed by atoms with Crippen molar-refractivity contribution in [3.05, 3.63) is 0 Å². The molecule has 4 heteroatoms. The molecule has 2 aliphatic rings. The third-order valence-electron chi connectivity index (χ3n) is 4.63. The summed E-state index contributed by atoms with van der Waals surface area (Å²) in [6.45, 7) is 8.02. The summed E-state index contributed by atoms with van der Waals surface area (Å²) in [6.07, 6.45) is 6.08. The van der Waals surface area contributed by atoms with Crippen LogP contribution < -0.4 is 10.6 Å². The van der Waals surface area contributed by atoms with Gasteiger partial charge in [-0.05, 0) is 38.0 Å². The third-order valence-corrected chi connectivity index (χ3v) is 4.63. The second kappa shape index (κ2) is 6.23. The summed E-state index contributed by atoms with van der Waals surface area (Å²) >= 11 is 0. The van der Waals surface area contributed by atoms with Crippen molar-refractivity contribution in [2.24, 2.45) is 5.41 Å². The smallest absolute Gasteiger partial charge is 0.236 e. The molecule has 19 heavy (non-hydrogen) atoms. The van der Waals surface area contributed by atoms with E-state index < -0.39 is 0 Å². The molecule has 0 radical (unpaired) electrons. The van der Waals surface area contributed by atoms with E-state index >= 15 is 0 Å². The normalized spacial score (nSPS) is 31.3. The van der Waals surface area contributed by atoms with E-state index in [1.807, 2.05) is 6.92 Å². The Morgan fingerprint density at radius 1 is 1.37 bits per heavy atom. The molecule has 4 nitrogen and oxygen atoms in total. The van der Waals surface area contributed by atoms with Gasteiger partial charge in [-0.25, -0.2) is 0 Å². The van der Waals surface area contributed by atoms with Crippen molar-refractivity contribution >= 4 is 5.91 Å². The van der Waals surface area contributed by atoms with Crippen LogP contribution in [0.4, 0.5) is 0 Å². The average Bonchev–Trinajstić information content (AvgIpc) is 2.97. The summed E-state index contributed by atoms with van der Waals surface area (Å²) in [4.78, 5) is 12.1. The molecule has 2 fully saturated rings. The lowest BCUT2D eigenvalue weighted by Gasteiger charge is -2.30. The molecule has 3 unspecified atom stereocenters. The minimum Gasteiger partial charge on any atom is -0.376 e. The highest BCUT2D eigenvalue weighted by Gasteiger charge is 2.35. The minimum atomic E-state index is -0.122. The number of rotatable bonds is 5. The lowest BCUT2D eigenvalue weighted by atomic mass is 9.87. The number of hydrogen-bond donors (Lipinski definition) is 2. The summed E-state index contributed by atoms with van der Waals surface area (Å²) in [6, 6.07) is 0.333. The Hall–Kier alpha value is -0.610. The van der Waals surface area contributed by atoms with Crippen molar-refractivity contribution in [3.8, 4) is 0 Å². The fraction of sp³-hybridized carbons (Fsp3) is 0.933. The summed E-state index contributed by atoms with van der Waals surface area (Å²) in [5.74, 6) is 0.0956. The van der Waals surface area contributed by atoms with Crippen LogP contribution in [0.3, 0.4) is 0 Å². The van der Waals surface area contributed by atoms with E-state index in [4.69, 9.17) is 4.74 Å². The van der Waals surface area contributed by atoms with Gasteiger partial charge >= 0.3 is 0 Å². The van der Waals surface area contributed by atoms with E-state index in [1.54, 1.807) is 0 Å². The Labute approximate surface area is 116 Å². The van der Waals surface area contributed by atoms with Crippen LogP contribution in [0.2, 0.25) is 0 Å². The Balaban J connectivity index is 1.72. The average molecular weight is 268 g/mol. The molecule has 1 saturated heterocycles. The van der Waals surface area contributed by atoms with E-state index in [0.717, 1.165) is 19.4 Å². The highest BCUT2D eigenvalue weighted by Crippen LogP contribution is 2.37. The molecule has 0 aromatic heterocycles. The number of carbonyl (C=O) groups excluding carboxylic acids is 1. The predicted molar refractivity (Wildman–Crippen MR) is 76.0 cm³/mol. The van der Waals surface area contributed by atoms with Crippen LogP contribution >= 0.6 is 0 Å². The van der Waals surface area contributed by atoms with Gasteiger partial charge in [-0.2, -0.15) is 0 Å². The Morgan fingerprint density at radius 3 is 2.74 bits per heavy atom. The van der Waals surface area contributed by atoms with Crippen molar-refractivity contribution in [1.82, 2.24) is 10.6 Å². The zero-order valence-corrected chi connectivity index (χ0v) is 12.5. The summed E-state index contributed by atoms with van der Waals surface area (Å²) in [5.41, 5.74) is 0.309. The zero-order chi connectivity index (χ0) is 13.9. The molecule has 1 aliphatic heterocycles. The number of carbonyl (C=O) groups is 1. The quantitative estimate of drug-likeness (QED) is 0.800. The van der Waals surface area contributed by atoms with Crippen molar-refractivity contribution in [2.75, 3.05) is 13.2 Å². The maximum Gasteiger partial charge on any atom is 0.236 e. The SMILES string of the molecule is CC(NC1CCCC1(C)C)C(=O)NCC1CCCO1. The van der Waals surface area contributed by atoms with Crippen LogP contribution in [0, 0.1) is 5.41 Å². The van der Waals surface area contributed by atoms with Gasteiger partial charge in [-0.3, -0.25) is 4.79 Å². The molecule has 1 amide bonds. The molecule has 1 heterocycles. The topological polar surface area (TPSA) is 50.4 Å². The van der Waals surface area contributed by atoms with Gasteiger partial charge in [0.15, 0.2) is 0 Å². The number of amides is 1. The van der Waals surface area contributed by atoms with E-state index in [-0.39, 0.29) is 18.1 Å². The fourth-order valence-corrected chi connectivity index (χ4v) is 3.19. The molecule has 1 aliphatic carbocycles. The van der Waals surface area contributed by atoms with Gasteiger partial charge in [-0.1, -0.05) is 20.3 Å². The maximum absolute atomic E-state index is 12.1. The Kier molecular flexibility index (Phi) is 4.85. The van der Waals surface area contributed by atoms with Crippen LogP contribution in [0.15, 0.2) is 0 Å².